The van der Waals surface area contributed by atoms with Crippen molar-refractivity contribution in [3.63, 3.8) is 0 Å². The van der Waals surface area contributed by atoms with Gasteiger partial charge in [0.25, 0.3) is 5.56 Å². The lowest BCUT2D eigenvalue weighted by atomic mass is 10.2. The molecule has 1 unspecified atom stereocenters. The second-order valence-electron chi connectivity index (χ2n) is 9.32. The topological polar surface area (TPSA) is 76.9 Å². The lowest BCUT2D eigenvalue weighted by molar-refractivity contribution is -0.128. The van der Waals surface area contributed by atoms with Gasteiger partial charge < -0.3 is 19.3 Å². The van der Waals surface area contributed by atoms with Crippen LogP contribution in [0.15, 0.2) is 88.8 Å². The van der Waals surface area contributed by atoms with E-state index in [9.17, 15) is 9.59 Å². The monoisotopic (exact) mass is 528 g/mol. The Bertz CT molecular complexity index is 1500. The molecule has 3 heterocycles. The fourth-order valence-electron chi connectivity index (χ4n) is 4.85. The van der Waals surface area contributed by atoms with Gasteiger partial charge in [0.05, 0.1) is 23.2 Å². The van der Waals surface area contributed by atoms with Crippen LogP contribution in [0.25, 0.3) is 10.9 Å². The highest BCUT2D eigenvalue weighted by Gasteiger charge is 2.25. The Kier molecular flexibility index (Phi) is 6.92. The molecule has 9 heteroatoms. The van der Waals surface area contributed by atoms with Crippen LogP contribution in [0.1, 0.15) is 0 Å². The average Bonchev–Trinajstić information content (AvgIpc) is 2.98. The number of anilines is 1. The van der Waals surface area contributed by atoms with E-state index in [4.69, 9.17) is 14.5 Å². The summed E-state index contributed by atoms with van der Waals surface area (Å²) in [5.41, 5.74) is 1.64. The van der Waals surface area contributed by atoms with Crippen LogP contribution < -0.4 is 19.9 Å². The second-order valence-corrected chi connectivity index (χ2v) is 10.3. The van der Waals surface area contributed by atoms with E-state index in [2.05, 4.69) is 17.0 Å². The minimum Gasteiger partial charge on any atom is -0.486 e. The molecule has 1 fully saturated rings. The minimum absolute atomic E-state index is 0.0443. The Morgan fingerprint density at radius 1 is 0.895 bits per heavy atom. The molecule has 0 aliphatic carbocycles. The molecule has 38 heavy (non-hydrogen) atoms. The van der Waals surface area contributed by atoms with Crippen molar-refractivity contribution >= 4 is 34.3 Å². The maximum absolute atomic E-state index is 13.5. The van der Waals surface area contributed by atoms with Crippen molar-refractivity contribution in [2.24, 2.45) is 0 Å². The number of piperazine rings is 1. The molecule has 1 atom stereocenters. The molecule has 6 rings (SSSR count). The van der Waals surface area contributed by atoms with Gasteiger partial charge in [0.1, 0.15) is 6.61 Å². The number of para-hydroxylation sites is 4. The van der Waals surface area contributed by atoms with E-state index in [0.717, 1.165) is 13.1 Å². The number of carbonyl (C=O) groups is 1. The van der Waals surface area contributed by atoms with E-state index in [-0.39, 0.29) is 29.9 Å². The first-order chi connectivity index (χ1) is 18.7. The Balaban J connectivity index is 1.17. The molecule has 0 radical (unpaired) electrons. The zero-order chi connectivity index (χ0) is 25.9. The summed E-state index contributed by atoms with van der Waals surface area (Å²) in [5, 5.41) is 1.05. The third-order valence-electron chi connectivity index (χ3n) is 6.86. The summed E-state index contributed by atoms with van der Waals surface area (Å²) in [4.78, 5) is 35.6. The van der Waals surface area contributed by atoms with Crippen molar-refractivity contribution in [2.45, 2.75) is 17.8 Å². The molecule has 0 spiro atoms. The van der Waals surface area contributed by atoms with Crippen molar-refractivity contribution in [3.05, 3.63) is 89.2 Å². The van der Waals surface area contributed by atoms with Gasteiger partial charge in [-0.3, -0.25) is 14.2 Å². The predicted octanol–water partition coefficient (Wildman–Crippen LogP) is 3.68. The molecule has 1 amide bonds. The highest BCUT2D eigenvalue weighted by atomic mass is 32.2. The van der Waals surface area contributed by atoms with Crippen LogP contribution in [-0.4, -0.2) is 65.0 Å². The number of fused-ring (bicyclic) bond motifs is 2. The van der Waals surface area contributed by atoms with Gasteiger partial charge in [0, 0.05) is 31.9 Å². The molecular weight excluding hydrogens is 500 g/mol. The molecule has 1 aromatic heterocycles. The maximum Gasteiger partial charge on any atom is 0.262 e. The Morgan fingerprint density at radius 3 is 2.42 bits per heavy atom. The highest BCUT2D eigenvalue weighted by molar-refractivity contribution is 7.99. The Morgan fingerprint density at radius 2 is 1.61 bits per heavy atom. The summed E-state index contributed by atoms with van der Waals surface area (Å²) in [7, 11) is 0. The van der Waals surface area contributed by atoms with E-state index in [0.29, 0.717) is 47.3 Å². The number of hydrogen-bond acceptors (Lipinski definition) is 7. The number of ether oxygens (including phenoxy) is 2. The molecule has 4 aromatic rings. The highest BCUT2D eigenvalue weighted by Crippen LogP contribution is 2.31. The molecule has 0 N–H and O–H groups in total. The van der Waals surface area contributed by atoms with Gasteiger partial charge in [-0.1, -0.05) is 54.2 Å². The summed E-state index contributed by atoms with van der Waals surface area (Å²) in [6, 6.07) is 25.1. The van der Waals surface area contributed by atoms with E-state index in [1.165, 1.54) is 17.4 Å². The van der Waals surface area contributed by atoms with Gasteiger partial charge in [-0.25, -0.2) is 4.98 Å². The van der Waals surface area contributed by atoms with E-state index >= 15 is 0 Å². The number of nitrogens with zero attached hydrogens (tertiary/aromatic N) is 4. The summed E-state index contributed by atoms with van der Waals surface area (Å²) in [6.07, 6.45) is -0.355. The number of hydrogen-bond donors (Lipinski definition) is 0. The number of amides is 1. The van der Waals surface area contributed by atoms with Gasteiger partial charge in [-0.15, -0.1) is 0 Å². The van der Waals surface area contributed by atoms with E-state index in [1.54, 1.807) is 10.6 Å². The van der Waals surface area contributed by atoms with Crippen LogP contribution in [0.5, 0.6) is 11.5 Å². The number of rotatable bonds is 6. The zero-order valence-corrected chi connectivity index (χ0v) is 21.7. The first kappa shape index (κ1) is 24.4. The third kappa shape index (κ3) is 5.06. The smallest absolute Gasteiger partial charge is 0.262 e. The molecule has 0 bridgehead atoms. The van der Waals surface area contributed by atoms with Crippen LogP contribution in [0, 0.1) is 0 Å². The van der Waals surface area contributed by atoms with Crippen molar-refractivity contribution in [1.82, 2.24) is 14.5 Å². The minimum atomic E-state index is -0.355. The maximum atomic E-state index is 13.5. The fraction of sp³-hybridized carbons (Fsp3) is 0.276. The predicted molar refractivity (Wildman–Crippen MR) is 148 cm³/mol. The number of carbonyl (C=O) groups excluding carboxylic acids is 1. The Labute approximate surface area is 224 Å². The largest absolute Gasteiger partial charge is 0.486 e. The standard InChI is InChI=1S/C29H28N4O4S/c34-27(32-16-14-31(15-17-32)21-8-2-1-3-9-21)20-38-29-30-24-11-5-4-10-23(24)28(35)33(29)18-22-19-36-25-12-6-7-13-26(25)37-22/h1-13,22H,14-20H2. The van der Waals surface area contributed by atoms with Crippen LogP contribution in [0.2, 0.25) is 0 Å². The summed E-state index contributed by atoms with van der Waals surface area (Å²) in [6.45, 7) is 3.51. The number of aromatic nitrogens is 2. The van der Waals surface area contributed by atoms with Gasteiger partial charge in [0.2, 0.25) is 5.91 Å². The first-order valence-corrected chi connectivity index (χ1v) is 13.7. The summed E-state index contributed by atoms with van der Waals surface area (Å²) in [5.74, 6) is 1.61. The number of thioether (sulfide) groups is 1. The van der Waals surface area contributed by atoms with Crippen molar-refractivity contribution in [1.29, 1.82) is 0 Å². The fourth-order valence-corrected chi connectivity index (χ4v) is 5.76. The van der Waals surface area contributed by atoms with Crippen molar-refractivity contribution in [2.75, 3.05) is 43.4 Å². The van der Waals surface area contributed by atoms with Crippen LogP contribution in [0.3, 0.4) is 0 Å². The van der Waals surface area contributed by atoms with Crippen LogP contribution in [0.4, 0.5) is 5.69 Å². The van der Waals surface area contributed by atoms with Crippen molar-refractivity contribution < 1.29 is 14.3 Å². The quantitative estimate of drug-likeness (QED) is 0.279. The molecule has 1 saturated heterocycles. The second kappa shape index (κ2) is 10.8. The molecule has 2 aliphatic rings. The Hall–Kier alpha value is -3.98. The first-order valence-electron chi connectivity index (χ1n) is 12.7. The SMILES string of the molecule is O=C(CSc1nc2ccccc2c(=O)n1CC1COc2ccccc2O1)N1CCN(c2ccccc2)CC1. The molecule has 8 nitrogen and oxygen atoms in total. The lowest BCUT2D eigenvalue weighted by Crippen LogP contribution is -2.49. The molecule has 2 aliphatic heterocycles. The molecule has 194 valence electrons. The number of benzene rings is 3. The normalized spacial score (nSPS) is 17.0. The summed E-state index contributed by atoms with van der Waals surface area (Å²) >= 11 is 1.30. The molecule has 0 saturated carbocycles. The third-order valence-corrected chi connectivity index (χ3v) is 7.82. The van der Waals surface area contributed by atoms with E-state index in [1.807, 2.05) is 65.6 Å². The van der Waals surface area contributed by atoms with Gasteiger partial charge in [-0.2, -0.15) is 0 Å². The summed E-state index contributed by atoms with van der Waals surface area (Å²) < 4.78 is 13.6. The van der Waals surface area contributed by atoms with Gasteiger partial charge in [-0.05, 0) is 36.4 Å². The van der Waals surface area contributed by atoms with Gasteiger partial charge in [0.15, 0.2) is 22.8 Å². The van der Waals surface area contributed by atoms with Crippen molar-refractivity contribution in [3.8, 4) is 11.5 Å². The lowest BCUT2D eigenvalue weighted by Gasteiger charge is -2.36. The zero-order valence-electron chi connectivity index (χ0n) is 20.9. The van der Waals surface area contributed by atoms with Crippen LogP contribution in [-0.2, 0) is 11.3 Å². The molecular formula is C29H28N4O4S. The average molecular weight is 529 g/mol. The molecule has 3 aromatic carbocycles. The van der Waals surface area contributed by atoms with Crippen LogP contribution >= 0.6 is 11.8 Å². The van der Waals surface area contributed by atoms with E-state index < -0.39 is 0 Å². The van der Waals surface area contributed by atoms with Gasteiger partial charge >= 0.3 is 0 Å².